The molecule has 0 radical (unpaired) electrons. The van der Waals surface area contributed by atoms with Crippen molar-refractivity contribution >= 4 is 17.7 Å². The van der Waals surface area contributed by atoms with Gasteiger partial charge < -0.3 is 15.5 Å². The summed E-state index contributed by atoms with van der Waals surface area (Å²) in [5.74, 6) is 0.743. The second-order valence-corrected chi connectivity index (χ2v) is 5.90. The first kappa shape index (κ1) is 16.2. The minimum absolute atomic E-state index is 0.0126. The molecule has 0 atom stereocenters. The third-order valence-electron chi connectivity index (χ3n) is 4.06. The lowest BCUT2D eigenvalue weighted by atomic mass is 10.1. The molecule has 0 spiro atoms. The summed E-state index contributed by atoms with van der Waals surface area (Å²) in [4.78, 5) is 24.6. The molecule has 126 valence electrons. The zero-order chi connectivity index (χ0) is 17.1. The van der Waals surface area contributed by atoms with Crippen LogP contribution in [-0.4, -0.2) is 47.0 Å². The number of halogens is 1. The van der Waals surface area contributed by atoms with Gasteiger partial charge in [-0.3, -0.25) is 4.79 Å². The van der Waals surface area contributed by atoms with Gasteiger partial charge in [0, 0.05) is 37.9 Å². The Morgan fingerprint density at radius 2 is 1.96 bits per heavy atom. The summed E-state index contributed by atoms with van der Waals surface area (Å²) in [6.45, 7) is 4.46. The molecule has 1 aliphatic heterocycles. The van der Waals surface area contributed by atoms with Crippen LogP contribution in [-0.2, 0) is 11.2 Å². The number of carbonyl (C=O) groups excluding carboxylic acids is 1. The van der Waals surface area contributed by atoms with E-state index in [4.69, 9.17) is 5.73 Å². The highest BCUT2D eigenvalue weighted by atomic mass is 19.1. The van der Waals surface area contributed by atoms with Crippen molar-refractivity contribution in [2.45, 2.75) is 13.3 Å². The Balaban J connectivity index is 1.59. The van der Waals surface area contributed by atoms with E-state index >= 15 is 0 Å². The lowest BCUT2D eigenvalue weighted by Gasteiger charge is -2.35. The fraction of sp³-hybridized carbons (Fsp3) is 0.353. The van der Waals surface area contributed by atoms with Gasteiger partial charge in [-0.1, -0.05) is 12.1 Å². The Bertz CT molecular complexity index is 723. The fourth-order valence-corrected chi connectivity index (χ4v) is 2.85. The largest absolute Gasteiger partial charge is 0.368 e. The average molecular weight is 329 g/mol. The highest BCUT2D eigenvalue weighted by Crippen LogP contribution is 2.16. The zero-order valence-corrected chi connectivity index (χ0v) is 13.6. The van der Waals surface area contributed by atoms with Crippen LogP contribution >= 0.6 is 0 Å². The van der Waals surface area contributed by atoms with Crippen molar-refractivity contribution in [1.29, 1.82) is 0 Å². The summed E-state index contributed by atoms with van der Waals surface area (Å²) in [5, 5.41) is 0. The summed E-state index contributed by atoms with van der Waals surface area (Å²) in [5.41, 5.74) is 7.21. The number of nitrogen functional groups attached to an aromatic ring is 1. The molecule has 0 unspecified atom stereocenters. The molecule has 6 nitrogen and oxygen atoms in total. The van der Waals surface area contributed by atoms with Crippen molar-refractivity contribution in [3.63, 3.8) is 0 Å². The Morgan fingerprint density at radius 1 is 1.21 bits per heavy atom. The molecule has 1 aromatic carbocycles. The van der Waals surface area contributed by atoms with Gasteiger partial charge in [-0.05, 0) is 24.6 Å². The van der Waals surface area contributed by atoms with Gasteiger partial charge >= 0.3 is 0 Å². The summed E-state index contributed by atoms with van der Waals surface area (Å²) in [6.07, 6.45) is 0.220. The summed E-state index contributed by atoms with van der Waals surface area (Å²) >= 11 is 0. The van der Waals surface area contributed by atoms with Gasteiger partial charge in [0.15, 0.2) is 0 Å². The molecule has 0 bridgehead atoms. The predicted octanol–water partition coefficient (Wildman–Crippen LogP) is 1.40. The van der Waals surface area contributed by atoms with Crippen molar-refractivity contribution in [3.8, 4) is 0 Å². The van der Waals surface area contributed by atoms with Gasteiger partial charge in [-0.2, -0.15) is 4.98 Å². The minimum atomic E-state index is -0.318. The maximum atomic E-state index is 13.2. The zero-order valence-electron chi connectivity index (χ0n) is 13.6. The summed E-state index contributed by atoms with van der Waals surface area (Å²) < 4.78 is 13.2. The molecule has 1 amide bonds. The standard InChI is InChI=1S/C17H20FN5O/c1-12-9-15(21-17(19)20-12)22-5-7-23(8-6-22)16(24)11-13-3-2-4-14(18)10-13/h2-4,9-10H,5-8,11H2,1H3,(H2,19,20,21). The summed E-state index contributed by atoms with van der Waals surface area (Å²) in [7, 11) is 0. The number of hydrogen-bond donors (Lipinski definition) is 1. The first-order chi connectivity index (χ1) is 11.5. The number of anilines is 2. The van der Waals surface area contributed by atoms with Gasteiger partial charge in [0.2, 0.25) is 11.9 Å². The maximum Gasteiger partial charge on any atom is 0.227 e. The predicted molar refractivity (Wildman–Crippen MR) is 90.1 cm³/mol. The average Bonchev–Trinajstić information content (AvgIpc) is 2.54. The molecule has 2 aromatic rings. The topological polar surface area (TPSA) is 75.3 Å². The molecule has 3 rings (SSSR count). The molecule has 0 aliphatic carbocycles. The van der Waals surface area contributed by atoms with E-state index in [1.165, 1.54) is 12.1 Å². The molecule has 1 aliphatic rings. The monoisotopic (exact) mass is 329 g/mol. The van der Waals surface area contributed by atoms with Crippen LogP contribution in [0.2, 0.25) is 0 Å². The second-order valence-electron chi connectivity index (χ2n) is 5.90. The molecule has 0 saturated carbocycles. The Morgan fingerprint density at radius 3 is 2.62 bits per heavy atom. The maximum absolute atomic E-state index is 13.2. The highest BCUT2D eigenvalue weighted by molar-refractivity contribution is 5.79. The van der Waals surface area contributed by atoms with Crippen LogP contribution in [0.4, 0.5) is 16.2 Å². The van der Waals surface area contributed by atoms with E-state index in [1.54, 1.807) is 17.0 Å². The minimum Gasteiger partial charge on any atom is -0.368 e. The Kier molecular flexibility index (Phi) is 4.59. The van der Waals surface area contributed by atoms with Crippen LogP contribution in [0.3, 0.4) is 0 Å². The van der Waals surface area contributed by atoms with Crippen LogP contribution in [0, 0.1) is 12.7 Å². The van der Waals surface area contributed by atoms with Gasteiger partial charge in [0.1, 0.15) is 11.6 Å². The molecule has 24 heavy (non-hydrogen) atoms. The van der Waals surface area contributed by atoms with E-state index in [2.05, 4.69) is 14.9 Å². The van der Waals surface area contributed by atoms with Gasteiger partial charge in [-0.25, -0.2) is 9.37 Å². The van der Waals surface area contributed by atoms with Crippen molar-refractivity contribution < 1.29 is 9.18 Å². The highest BCUT2D eigenvalue weighted by Gasteiger charge is 2.22. The molecule has 1 aromatic heterocycles. The van der Waals surface area contributed by atoms with Crippen LogP contribution < -0.4 is 10.6 Å². The number of benzene rings is 1. The van der Waals surface area contributed by atoms with Crippen molar-refractivity contribution in [1.82, 2.24) is 14.9 Å². The molecule has 2 N–H and O–H groups in total. The number of aryl methyl sites for hydroxylation is 1. The third-order valence-corrected chi connectivity index (χ3v) is 4.06. The van der Waals surface area contributed by atoms with E-state index in [1.807, 2.05) is 13.0 Å². The fourth-order valence-electron chi connectivity index (χ4n) is 2.85. The van der Waals surface area contributed by atoms with E-state index < -0.39 is 0 Å². The lowest BCUT2D eigenvalue weighted by Crippen LogP contribution is -2.49. The number of nitrogens with zero attached hydrogens (tertiary/aromatic N) is 4. The summed E-state index contributed by atoms with van der Waals surface area (Å²) in [6, 6.07) is 8.06. The second kappa shape index (κ2) is 6.82. The van der Waals surface area contributed by atoms with Gasteiger partial charge in [-0.15, -0.1) is 0 Å². The van der Waals surface area contributed by atoms with Gasteiger partial charge in [0.25, 0.3) is 0 Å². The van der Waals surface area contributed by atoms with Crippen molar-refractivity contribution in [2.75, 3.05) is 36.8 Å². The molecule has 7 heteroatoms. The SMILES string of the molecule is Cc1cc(N2CCN(C(=O)Cc3cccc(F)c3)CC2)nc(N)n1. The Hall–Kier alpha value is -2.70. The molecule has 1 saturated heterocycles. The number of aromatic nitrogens is 2. The molecular formula is C17H20FN5O. The number of nitrogens with two attached hydrogens (primary N) is 1. The molecule has 1 fully saturated rings. The van der Waals surface area contributed by atoms with E-state index in [9.17, 15) is 9.18 Å². The third kappa shape index (κ3) is 3.79. The van der Waals surface area contributed by atoms with Crippen LogP contribution in [0.25, 0.3) is 0 Å². The van der Waals surface area contributed by atoms with E-state index in [0.29, 0.717) is 31.7 Å². The van der Waals surface area contributed by atoms with Crippen LogP contribution in [0.5, 0.6) is 0 Å². The van der Waals surface area contributed by atoms with E-state index in [0.717, 1.165) is 11.5 Å². The normalized spacial score (nSPS) is 14.8. The Labute approximate surface area is 140 Å². The molecular weight excluding hydrogens is 309 g/mol. The smallest absolute Gasteiger partial charge is 0.227 e. The number of amides is 1. The van der Waals surface area contributed by atoms with Crippen molar-refractivity contribution in [2.24, 2.45) is 0 Å². The quantitative estimate of drug-likeness (QED) is 0.921. The molecule has 2 heterocycles. The number of hydrogen-bond acceptors (Lipinski definition) is 5. The van der Waals surface area contributed by atoms with Gasteiger partial charge in [0.05, 0.1) is 6.42 Å². The number of carbonyl (C=O) groups is 1. The first-order valence-corrected chi connectivity index (χ1v) is 7.89. The van der Waals surface area contributed by atoms with Crippen molar-refractivity contribution in [3.05, 3.63) is 47.4 Å². The van der Waals surface area contributed by atoms with Crippen LogP contribution in [0.15, 0.2) is 30.3 Å². The number of rotatable bonds is 3. The number of piperazine rings is 1. The van der Waals surface area contributed by atoms with E-state index in [-0.39, 0.29) is 24.1 Å². The first-order valence-electron chi connectivity index (χ1n) is 7.89. The van der Waals surface area contributed by atoms with Crippen LogP contribution in [0.1, 0.15) is 11.3 Å². The lowest BCUT2D eigenvalue weighted by molar-refractivity contribution is -0.130.